The van der Waals surface area contributed by atoms with Gasteiger partial charge in [0.05, 0.1) is 5.92 Å². The van der Waals surface area contributed by atoms with E-state index in [9.17, 15) is 4.79 Å². The minimum Gasteiger partial charge on any atom is -0.342 e. The molecule has 0 saturated carbocycles. The molecule has 0 aromatic rings. The van der Waals surface area contributed by atoms with Crippen molar-refractivity contribution < 1.29 is 4.79 Å². The number of unbranched alkanes of at least 4 members (excludes halogenated alkanes) is 4. The number of rotatable bonds is 11. The second-order valence-electron chi connectivity index (χ2n) is 7.44. The normalized spacial score (nSPS) is 13.2. The van der Waals surface area contributed by atoms with Gasteiger partial charge >= 0.3 is 0 Å². The van der Waals surface area contributed by atoms with E-state index in [1.54, 1.807) is 0 Å². The third-order valence-electron chi connectivity index (χ3n) is 3.87. The summed E-state index contributed by atoms with van der Waals surface area (Å²) < 4.78 is 0. The molecule has 0 saturated heterocycles. The highest BCUT2D eigenvalue weighted by atomic mass is 16.2. The Hall–Kier alpha value is -0.570. The predicted octanol–water partition coefficient (Wildman–Crippen LogP) is 4.21. The van der Waals surface area contributed by atoms with Crippen LogP contribution in [0.2, 0.25) is 0 Å². The second-order valence-corrected chi connectivity index (χ2v) is 7.44. The molecule has 1 unspecified atom stereocenters. The summed E-state index contributed by atoms with van der Waals surface area (Å²) in [6.45, 7) is 13.2. The lowest BCUT2D eigenvalue weighted by atomic mass is 9.84. The van der Waals surface area contributed by atoms with E-state index < -0.39 is 0 Å². The van der Waals surface area contributed by atoms with Crippen LogP contribution in [-0.4, -0.2) is 30.4 Å². The first-order chi connectivity index (χ1) is 9.85. The largest absolute Gasteiger partial charge is 0.342 e. The maximum Gasteiger partial charge on any atom is 0.226 e. The van der Waals surface area contributed by atoms with Crippen LogP contribution < -0.4 is 5.73 Å². The molecule has 0 spiro atoms. The zero-order valence-electron chi connectivity index (χ0n) is 15.1. The molecule has 0 aliphatic carbocycles. The molecule has 0 radical (unpaired) electrons. The van der Waals surface area contributed by atoms with Crippen molar-refractivity contribution in [1.29, 1.82) is 0 Å². The molecule has 2 N–H and O–H groups in total. The lowest BCUT2D eigenvalue weighted by Crippen LogP contribution is -2.41. The first-order valence-electron chi connectivity index (χ1n) is 8.84. The third kappa shape index (κ3) is 9.89. The fraction of sp³-hybridized carbons (Fsp3) is 0.944. The highest BCUT2D eigenvalue weighted by Crippen LogP contribution is 2.25. The molecule has 0 rings (SSSR count). The van der Waals surface area contributed by atoms with Crippen LogP contribution in [0.25, 0.3) is 0 Å². The summed E-state index contributed by atoms with van der Waals surface area (Å²) in [5.41, 5.74) is 6.03. The standard InChI is InChI=1S/C18H38N2O/c1-6-8-10-12-20(13-11-9-7-2)17(21)16(15-19)14-18(3,4)5/h16H,6-15,19H2,1-5H3. The van der Waals surface area contributed by atoms with Crippen molar-refractivity contribution in [2.45, 2.75) is 79.6 Å². The number of hydrogen-bond acceptors (Lipinski definition) is 2. The molecule has 0 heterocycles. The van der Waals surface area contributed by atoms with Crippen LogP contribution in [0.1, 0.15) is 79.6 Å². The summed E-state index contributed by atoms with van der Waals surface area (Å²) in [7, 11) is 0. The summed E-state index contributed by atoms with van der Waals surface area (Å²) >= 11 is 0. The lowest BCUT2D eigenvalue weighted by molar-refractivity contribution is -0.136. The zero-order chi connectivity index (χ0) is 16.3. The number of nitrogens with zero attached hydrogens (tertiary/aromatic N) is 1. The Balaban J connectivity index is 4.62. The monoisotopic (exact) mass is 298 g/mol. The Labute approximate surface area is 132 Å². The smallest absolute Gasteiger partial charge is 0.226 e. The Bertz CT molecular complexity index is 261. The average Bonchev–Trinajstić information content (AvgIpc) is 2.41. The summed E-state index contributed by atoms with van der Waals surface area (Å²) in [5.74, 6) is 0.257. The quantitative estimate of drug-likeness (QED) is 0.581. The Morgan fingerprint density at radius 1 is 1.00 bits per heavy atom. The first-order valence-corrected chi connectivity index (χ1v) is 8.84. The molecule has 0 aromatic heterocycles. The van der Waals surface area contributed by atoms with Gasteiger partial charge in [-0.1, -0.05) is 60.3 Å². The maximum atomic E-state index is 12.8. The van der Waals surface area contributed by atoms with Gasteiger partial charge in [-0.15, -0.1) is 0 Å². The topological polar surface area (TPSA) is 46.3 Å². The summed E-state index contributed by atoms with van der Waals surface area (Å²) in [6, 6.07) is 0. The van der Waals surface area contributed by atoms with Gasteiger partial charge in [-0.05, 0) is 24.7 Å². The Kier molecular flexibility index (Phi) is 10.8. The SMILES string of the molecule is CCCCCN(CCCCC)C(=O)C(CN)CC(C)(C)C. The Morgan fingerprint density at radius 2 is 1.48 bits per heavy atom. The third-order valence-corrected chi connectivity index (χ3v) is 3.87. The van der Waals surface area contributed by atoms with Crippen LogP contribution in [0.15, 0.2) is 0 Å². The van der Waals surface area contributed by atoms with Crippen molar-refractivity contribution in [2.24, 2.45) is 17.1 Å². The molecule has 21 heavy (non-hydrogen) atoms. The molecule has 3 nitrogen and oxygen atoms in total. The van der Waals surface area contributed by atoms with Gasteiger partial charge in [0.25, 0.3) is 0 Å². The van der Waals surface area contributed by atoms with E-state index in [1.807, 2.05) is 0 Å². The minimum absolute atomic E-state index is 0.0201. The van der Waals surface area contributed by atoms with Gasteiger partial charge in [0.1, 0.15) is 0 Å². The van der Waals surface area contributed by atoms with Crippen LogP contribution in [0.4, 0.5) is 0 Å². The van der Waals surface area contributed by atoms with E-state index in [2.05, 4.69) is 39.5 Å². The highest BCUT2D eigenvalue weighted by molar-refractivity contribution is 5.79. The lowest BCUT2D eigenvalue weighted by Gasteiger charge is -2.30. The molecule has 0 aliphatic rings. The molecule has 0 aromatic carbocycles. The highest BCUT2D eigenvalue weighted by Gasteiger charge is 2.27. The number of amides is 1. The molecule has 0 aliphatic heterocycles. The molecule has 126 valence electrons. The van der Waals surface area contributed by atoms with Crippen molar-refractivity contribution in [2.75, 3.05) is 19.6 Å². The van der Waals surface area contributed by atoms with Crippen LogP contribution in [0.5, 0.6) is 0 Å². The molecule has 0 fully saturated rings. The Morgan fingerprint density at radius 3 is 1.81 bits per heavy atom. The second kappa shape index (κ2) is 11.1. The van der Waals surface area contributed by atoms with Gasteiger partial charge in [0.2, 0.25) is 5.91 Å². The molecule has 1 atom stereocenters. The van der Waals surface area contributed by atoms with Gasteiger partial charge in [-0.2, -0.15) is 0 Å². The van der Waals surface area contributed by atoms with Crippen molar-refractivity contribution in [1.82, 2.24) is 4.90 Å². The molecular weight excluding hydrogens is 260 g/mol. The van der Waals surface area contributed by atoms with Gasteiger partial charge in [0, 0.05) is 19.6 Å². The van der Waals surface area contributed by atoms with Gasteiger partial charge < -0.3 is 10.6 Å². The van der Waals surface area contributed by atoms with E-state index >= 15 is 0 Å². The van der Waals surface area contributed by atoms with E-state index in [4.69, 9.17) is 5.73 Å². The van der Waals surface area contributed by atoms with Crippen molar-refractivity contribution in [3.63, 3.8) is 0 Å². The van der Waals surface area contributed by atoms with E-state index in [1.165, 1.54) is 25.7 Å². The van der Waals surface area contributed by atoms with E-state index in [0.29, 0.717) is 6.54 Å². The first kappa shape index (κ1) is 20.4. The van der Waals surface area contributed by atoms with Gasteiger partial charge in [-0.25, -0.2) is 0 Å². The zero-order valence-corrected chi connectivity index (χ0v) is 15.1. The van der Waals surface area contributed by atoms with Crippen molar-refractivity contribution >= 4 is 5.91 Å². The van der Waals surface area contributed by atoms with E-state index in [0.717, 1.165) is 32.4 Å². The van der Waals surface area contributed by atoms with Crippen LogP contribution >= 0.6 is 0 Å². The average molecular weight is 299 g/mol. The number of hydrogen-bond donors (Lipinski definition) is 1. The molecule has 1 amide bonds. The number of carbonyl (C=O) groups is 1. The fourth-order valence-corrected chi connectivity index (χ4v) is 2.71. The van der Waals surface area contributed by atoms with Crippen molar-refractivity contribution in [3.05, 3.63) is 0 Å². The molecule has 3 heteroatoms. The minimum atomic E-state index is -0.0201. The van der Waals surface area contributed by atoms with Crippen LogP contribution in [0, 0.1) is 11.3 Å². The number of carbonyl (C=O) groups excluding carboxylic acids is 1. The summed E-state index contributed by atoms with van der Waals surface area (Å²) in [5, 5.41) is 0. The van der Waals surface area contributed by atoms with Gasteiger partial charge in [0.15, 0.2) is 0 Å². The van der Waals surface area contributed by atoms with Gasteiger partial charge in [-0.3, -0.25) is 4.79 Å². The van der Waals surface area contributed by atoms with Crippen molar-refractivity contribution in [3.8, 4) is 0 Å². The van der Waals surface area contributed by atoms with Crippen LogP contribution in [0.3, 0.4) is 0 Å². The fourth-order valence-electron chi connectivity index (χ4n) is 2.71. The summed E-state index contributed by atoms with van der Waals surface area (Å²) in [6.07, 6.45) is 7.88. The predicted molar refractivity (Wildman–Crippen MR) is 92.2 cm³/mol. The van der Waals surface area contributed by atoms with Crippen LogP contribution in [-0.2, 0) is 4.79 Å². The molecule has 0 bridgehead atoms. The molecular formula is C18H38N2O. The van der Waals surface area contributed by atoms with E-state index in [-0.39, 0.29) is 17.2 Å². The maximum absolute atomic E-state index is 12.8. The number of nitrogens with two attached hydrogens (primary N) is 1. The summed E-state index contributed by atoms with van der Waals surface area (Å²) in [4.78, 5) is 14.9.